The number of hydrogen-bond donors (Lipinski definition) is 1. The van der Waals surface area contributed by atoms with Crippen molar-refractivity contribution in [3.8, 4) is 0 Å². The van der Waals surface area contributed by atoms with E-state index in [4.69, 9.17) is 28.9 Å². The van der Waals surface area contributed by atoms with Crippen LogP contribution in [-0.4, -0.2) is 8.42 Å². The van der Waals surface area contributed by atoms with Crippen molar-refractivity contribution in [2.45, 2.75) is 10.6 Å². The fourth-order valence-corrected chi connectivity index (χ4v) is 4.48. The summed E-state index contributed by atoms with van der Waals surface area (Å²) in [6, 6.07) is 9.43. The highest BCUT2D eigenvalue weighted by Crippen LogP contribution is 2.31. The van der Waals surface area contributed by atoms with Gasteiger partial charge >= 0.3 is 0 Å². The summed E-state index contributed by atoms with van der Waals surface area (Å²) < 4.78 is 25.4. The van der Waals surface area contributed by atoms with Crippen LogP contribution in [0.4, 0.5) is 5.69 Å². The molecule has 0 aliphatic heterocycles. The van der Waals surface area contributed by atoms with Crippen molar-refractivity contribution < 1.29 is 8.42 Å². The zero-order valence-corrected chi connectivity index (χ0v) is 14.0. The van der Waals surface area contributed by atoms with Crippen LogP contribution < -0.4 is 5.73 Å². The Morgan fingerprint density at radius 3 is 2.55 bits per heavy atom. The van der Waals surface area contributed by atoms with E-state index in [0.29, 0.717) is 20.7 Å². The highest BCUT2D eigenvalue weighted by Gasteiger charge is 2.21. The number of benzene rings is 2. The van der Waals surface area contributed by atoms with Crippen LogP contribution in [0.1, 0.15) is 5.56 Å². The van der Waals surface area contributed by atoms with Crippen LogP contribution >= 0.6 is 39.1 Å². The first-order chi connectivity index (χ1) is 9.31. The van der Waals surface area contributed by atoms with Crippen LogP contribution in [0.5, 0.6) is 0 Å². The summed E-state index contributed by atoms with van der Waals surface area (Å²) in [6.45, 7) is 0. The van der Waals surface area contributed by atoms with Crippen LogP contribution in [0.15, 0.2) is 45.8 Å². The van der Waals surface area contributed by atoms with Crippen molar-refractivity contribution in [3.63, 3.8) is 0 Å². The van der Waals surface area contributed by atoms with Gasteiger partial charge in [0.1, 0.15) is 0 Å². The van der Waals surface area contributed by atoms with E-state index < -0.39 is 9.84 Å². The molecule has 2 N–H and O–H groups in total. The molecule has 3 nitrogen and oxygen atoms in total. The first-order valence-corrected chi connectivity index (χ1v) is 8.72. The lowest BCUT2D eigenvalue weighted by molar-refractivity contribution is 0.595. The highest BCUT2D eigenvalue weighted by molar-refractivity contribution is 9.10. The number of hydrogen-bond acceptors (Lipinski definition) is 3. The standard InChI is InChI=1S/C13H10BrCl2NO2S/c14-13-8(2-1-3-11(13)17)7-20(18,19)12-6-9(15)4-5-10(12)16/h1-6H,7,17H2. The van der Waals surface area contributed by atoms with Gasteiger partial charge in [-0.1, -0.05) is 35.3 Å². The van der Waals surface area contributed by atoms with Crippen LogP contribution in [0.2, 0.25) is 10.0 Å². The quantitative estimate of drug-likeness (QED) is 0.789. The monoisotopic (exact) mass is 393 g/mol. The molecule has 0 fully saturated rings. The van der Waals surface area contributed by atoms with Crippen molar-refractivity contribution in [2.24, 2.45) is 0 Å². The second-order valence-electron chi connectivity index (χ2n) is 4.15. The van der Waals surface area contributed by atoms with Crippen LogP contribution in [0.25, 0.3) is 0 Å². The lowest BCUT2D eigenvalue weighted by Crippen LogP contribution is -2.07. The van der Waals surface area contributed by atoms with Gasteiger partial charge in [-0.25, -0.2) is 8.42 Å². The summed E-state index contributed by atoms with van der Waals surface area (Å²) >= 11 is 15.1. The largest absolute Gasteiger partial charge is 0.398 e. The van der Waals surface area contributed by atoms with E-state index in [2.05, 4.69) is 15.9 Å². The maximum Gasteiger partial charge on any atom is 0.184 e. The minimum Gasteiger partial charge on any atom is -0.398 e. The molecule has 0 amide bonds. The van der Waals surface area contributed by atoms with Gasteiger partial charge in [0, 0.05) is 15.2 Å². The smallest absolute Gasteiger partial charge is 0.184 e. The molecule has 0 aliphatic carbocycles. The van der Waals surface area contributed by atoms with Gasteiger partial charge < -0.3 is 5.73 Å². The molecule has 0 bridgehead atoms. The number of nitrogens with two attached hydrogens (primary N) is 1. The second kappa shape index (κ2) is 5.93. The van der Waals surface area contributed by atoms with Crippen molar-refractivity contribution in [1.82, 2.24) is 0 Å². The molecule has 0 aliphatic rings. The number of sulfone groups is 1. The van der Waals surface area contributed by atoms with Crippen molar-refractivity contribution >= 4 is 54.7 Å². The summed E-state index contributed by atoms with van der Waals surface area (Å²) in [6.07, 6.45) is 0. The molecule has 7 heteroatoms. The number of anilines is 1. The normalized spacial score (nSPS) is 11.6. The second-order valence-corrected chi connectivity index (χ2v) is 7.75. The fourth-order valence-electron chi connectivity index (χ4n) is 1.71. The average Bonchev–Trinajstić information content (AvgIpc) is 2.37. The first-order valence-electron chi connectivity index (χ1n) is 5.52. The third-order valence-electron chi connectivity index (χ3n) is 2.68. The summed E-state index contributed by atoms with van der Waals surface area (Å²) in [5.41, 5.74) is 6.80. The maximum absolute atomic E-state index is 12.4. The summed E-state index contributed by atoms with van der Waals surface area (Å²) in [5, 5.41) is 0.467. The van der Waals surface area contributed by atoms with Gasteiger partial charge in [0.25, 0.3) is 0 Å². The van der Waals surface area contributed by atoms with E-state index in [1.165, 1.54) is 12.1 Å². The molecule has 0 heterocycles. The molecule has 0 radical (unpaired) electrons. The molecule has 0 saturated carbocycles. The van der Waals surface area contributed by atoms with E-state index in [0.717, 1.165) is 0 Å². The predicted molar refractivity (Wildman–Crippen MR) is 85.9 cm³/mol. The fraction of sp³-hybridized carbons (Fsp3) is 0.0769. The number of nitrogen functional groups attached to an aromatic ring is 1. The average molecular weight is 395 g/mol. The molecular weight excluding hydrogens is 385 g/mol. The molecular formula is C13H10BrCl2NO2S. The molecule has 2 aromatic rings. The van der Waals surface area contributed by atoms with Gasteiger partial charge in [-0.2, -0.15) is 0 Å². The van der Waals surface area contributed by atoms with Crippen LogP contribution in [0.3, 0.4) is 0 Å². The predicted octanol–water partition coefficient (Wildman–Crippen LogP) is 4.31. The molecule has 0 spiro atoms. The number of rotatable bonds is 3. The SMILES string of the molecule is Nc1cccc(CS(=O)(=O)c2cc(Cl)ccc2Cl)c1Br. The zero-order valence-electron chi connectivity index (χ0n) is 10.1. The van der Waals surface area contributed by atoms with E-state index in [-0.39, 0.29) is 15.7 Å². The molecule has 0 atom stereocenters. The Morgan fingerprint density at radius 1 is 1.15 bits per heavy atom. The Bertz CT molecular complexity index is 763. The molecule has 0 aromatic heterocycles. The summed E-state index contributed by atoms with van der Waals surface area (Å²) in [4.78, 5) is 0.0148. The van der Waals surface area contributed by atoms with Gasteiger partial charge in [0.2, 0.25) is 0 Å². The summed E-state index contributed by atoms with van der Waals surface area (Å²) in [7, 11) is -3.61. The van der Waals surface area contributed by atoms with Crippen molar-refractivity contribution in [1.29, 1.82) is 0 Å². The Labute approximate surface area is 135 Å². The van der Waals surface area contributed by atoms with Gasteiger partial charge in [-0.3, -0.25) is 0 Å². The molecule has 106 valence electrons. The van der Waals surface area contributed by atoms with E-state index in [1.54, 1.807) is 24.3 Å². The molecule has 0 saturated heterocycles. The van der Waals surface area contributed by atoms with Gasteiger partial charge in [-0.15, -0.1) is 0 Å². The van der Waals surface area contributed by atoms with Gasteiger partial charge in [0.15, 0.2) is 9.84 Å². The minimum atomic E-state index is -3.61. The lowest BCUT2D eigenvalue weighted by Gasteiger charge is -2.10. The highest BCUT2D eigenvalue weighted by atomic mass is 79.9. The van der Waals surface area contributed by atoms with Crippen molar-refractivity contribution in [3.05, 3.63) is 56.5 Å². The molecule has 20 heavy (non-hydrogen) atoms. The Hall–Kier alpha value is -0.750. The summed E-state index contributed by atoms with van der Waals surface area (Å²) in [5.74, 6) is -0.210. The molecule has 0 unspecified atom stereocenters. The van der Waals surface area contributed by atoms with E-state index in [9.17, 15) is 8.42 Å². The Balaban J connectivity index is 2.46. The van der Waals surface area contributed by atoms with Gasteiger partial charge in [0.05, 0.1) is 15.7 Å². The van der Waals surface area contributed by atoms with E-state index in [1.807, 2.05) is 0 Å². The third kappa shape index (κ3) is 3.28. The van der Waals surface area contributed by atoms with E-state index >= 15 is 0 Å². The first kappa shape index (κ1) is 15.6. The molecule has 2 aromatic carbocycles. The van der Waals surface area contributed by atoms with Crippen LogP contribution in [-0.2, 0) is 15.6 Å². The molecule has 2 rings (SSSR count). The van der Waals surface area contributed by atoms with Gasteiger partial charge in [-0.05, 0) is 45.8 Å². The topological polar surface area (TPSA) is 60.2 Å². The minimum absolute atomic E-state index is 0.0148. The Morgan fingerprint density at radius 2 is 1.85 bits per heavy atom. The number of halogens is 3. The zero-order chi connectivity index (χ0) is 14.9. The Kier molecular flexibility index (Phi) is 4.64. The van der Waals surface area contributed by atoms with Crippen LogP contribution in [0, 0.1) is 0 Å². The lowest BCUT2D eigenvalue weighted by atomic mass is 10.2. The third-order valence-corrected chi connectivity index (χ3v) is 6.03. The maximum atomic E-state index is 12.4. The van der Waals surface area contributed by atoms with Crippen molar-refractivity contribution in [2.75, 3.05) is 5.73 Å².